The van der Waals surface area contributed by atoms with Crippen molar-refractivity contribution < 1.29 is 9.47 Å². The molecule has 0 unspecified atom stereocenters. The van der Waals surface area contributed by atoms with Gasteiger partial charge in [-0.3, -0.25) is 4.98 Å². The second-order valence-electron chi connectivity index (χ2n) is 4.25. The third kappa shape index (κ3) is 2.98. The van der Waals surface area contributed by atoms with Crippen LogP contribution >= 0.6 is 17.0 Å². The normalized spacial score (nSPS) is 11.8. The molecular weight excluding hydrogens is 308 g/mol. The Bertz CT molecular complexity index is 548. The number of halogens is 1. The molecule has 0 saturated carbocycles. The predicted molar refractivity (Wildman–Crippen MR) is 79.2 cm³/mol. The Balaban J connectivity index is 0.00000133. The highest BCUT2D eigenvalue weighted by molar-refractivity contribution is 8.93. The number of hydrogen-bond acceptors (Lipinski definition) is 4. The average Bonchev–Trinajstić information content (AvgIpc) is 2.87. The van der Waals surface area contributed by atoms with Crippen LogP contribution in [-0.4, -0.2) is 18.8 Å². The number of ether oxygens (including phenoxy) is 2. The Morgan fingerprint density at radius 3 is 2.63 bits per heavy atom. The number of fused-ring (bicyclic) bond motifs is 1. The summed E-state index contributed by atoms with van der Waals surface area (Å²) in [6, 6.07) is 10.0. The predicted octanol–water partition coefficient (Wildman–Crippen LogP) is 3.02. The molecule has 1 aliphatic heterocycles. The molecule has 0 N–H and O–H groups in total. The maximum atomic E-state index is 5.38. The molecule has 100 valence electrons. The maximum Gasteiger partial charge on any atom is 0.231 e. The zero-order valence-corrected chi connectivity index (χ0v) is 12.3. The molecule has 0 atom stereocenters. The first-order valence-corrected chi connectivity index (χ1v) is 5.82. The van der Waals surface area contributed by atoms with Gasteiger partial charge in [-0.2, -0.15) is 0 Å². The van der Waals surface area contributed by atoms with E-state index >= 15 is 0 Å². The number of nitrogens with zero attached hydrogens (tertiary/aromatic N) is 2. The fourth-order valence-electron chi connectivity index (χ4n) is 1.98. The summed E-state index contributed by atoms with van der Waals surface area (Å²) in [5, 5.41) is 0. The first-order valence-electron chi connectivity index (χ1n) is 5.82. The van der Waals surface area contributed by atoms with E-state index in [1.807, 2.05) is 42.7 Å². The lowest BCUT2D eigenvalue weighted by atomic mass is 10.2. The average molecular weight is 323 g/mol. The zero-order valence-electron chi connectivity index (χ0n) is 10.6. The molecule has 19 heavy (non-hydrogen) atoms. The van der Waals surface area contributed by atoms with E-state index < -0.39 is 0 Å². The molecule has 1 aromatic carbocycles. The second kappa shape index (κ2) is 5.93. The fraction of sp³-hybridized carbons (Fsp3) is 0.214. The van der Waals surface area contributed by atoms with Crippen LogP contribution in [0, 0.1) is 0 Å². The van der Waals surface area contributed by atoms with E-state index in [0.717, 1.165) is 23.7 Å². The van der Waals surface area contributed by atoms with E-state index in [4.69, 9.17) is 9.47 Å². The van der Waals surface area contributed by atoms with Crippen molar-refractivity contribution in [1.29, 1.82) is 0 Å². The number of pyridine rings is 1. The first kappa shape index (κ1) is 13.7. The lowest BCUT2D eigenvalue weighted by Gasteiger charge is -2.19. The highest BCUT2D eigenvalue weighted by atomic mass is 79.9. The Morgan fingerprint density at radius 2 is 1.84 bits per heavy atom. The minimum atomic E-state index is 0. The molecule has 2 heterocycles. The van der Waals surface area contributed by atoms with Gasteiger partial charge in [0.1, 0.15) is 0 Å². The van der Waals surface area contributed by atoms with Crippen molar-refractivity contribution in [2.75, 3.05) is 18.7 Å². The van der Waals surface area contributed by atoms with E-state index in [1.54, 1.807) is 0 Å². The van der Waals surface area contributed by atoms with Crippen molar-refractivity contribution in [2.24, 2.45) is 0 Å². The van der Waals surface area contributed by atoms with Crippen LogP contribution in [0.25, 0.3) is 0 Å². The van der Waals surface area contributed by atoms with Crippen LogP contribution in [-0.2, 0) is 6.54 Å². The summed E-state index contributed by atoms with van der Waals surface area (Å²) in [5.41, 5.74) is 2.33. The van der Waals surface area contributed by atoms with Crippen LogP contribution in [0.1, 0.15) is 5.56 Å². The highest BCUT2D eigenvalue weighted by Gasteiger charge is 2.14. The van der Waals surface area contributed by atoms with Crippen LogP contribution in [0.5, 0.6) is 11.5 Å². The Morgan fingerprint density at radius 1 is 1.11 bits per heavy atom. The highest BCUT2D eigenvalue weighted by Crippen LogP contribution is 2.35. The van der Waals surface area contributed by atoms with Crippen molar-refractivity contribution in [3.05, 3.63) is 48.3 Å². The van der Waals surface area contributed by atoms with E-state index in [1.165, 1.54) is 5.56 Å². The SMILES string of the molecule is Br.CN(Cc1ccncc1)c1ccc2c(c1)OCO2. The summed E-state index contributed by atoms with van der Waals surface area (Å²) >= 11 is 0. The molecular formula is C14H15BrN2O2. The molecule has 0 saturated heterocycles. The van der Waals surface area contributed by atoms with Crippen molar-refractivity contribution >= 4 is 22.7 Å². The summed E-state index contributed by atoms with van der Waals surface area (Å²) in [5.74, 6) is 1.63. The number of anilines is 1. The van der Waals surface area contributed by atoms with Crippen LogP contribution in [0.2, 0.25) is 0 Å². The van der Waals surface area contributed by atoms with E-state index in [-0.39, 0.29) is 17.0 Å². The molecule has 5 heteroatoms. The third-order valence-corrected chi connectivity index (χ3v) is 2.97. The smallest absolute Gasteiger partial charge is 0.231 e. The van der Waals surface area contributed by atoms with E-state index in [2.05, 4.69) is 16.9 Å². The van der Waals surface area contributed by atoms with Crippen molar-refractivity contribution in [2.45, 2.75) is 6.54 Å². The summed E-state index contributed by atoms with van der Waals surface area (Å²) in [7, 11) is 2.05. The van der Waals surface area contributed by atoms with Crippen LogP contribution < -0.4 is 14.4 Å². The van der Waals surface area contributed by atoms with Crippen LogP contribution in [0.3, 0.4) is 0 Å². The van der Waals surface area contributed by atoms with Crippen molar-refractivity contribution in [3.63, 3.8) is 0 Å². The standard InChI is InChI=1S/C14H14N2O2.BrH/c1-16(9-11-4-6-15-7-5-11)12-2-3-13-14(8-12)18-10-17-13;/h2-8H,9-10H2,1H3;1H. The molecule has 0 amide bonds. The van der Waals surface area contributed by atoms with Crippen molar-refractivity contribution in [3.8, 4) is 11.5 Å². The molecule has 3 rings (SSSR count). The molecule has 4 nitrogen and oxygen atoms in total. The van der Waals surface area contributed by atoms with Gasteiger partial charge < -0.3 is 14.4 Å². The number of hydrogen-bond donors (Lipinski definition) is 0. The Labute approximate surface area is 122 Å². The van der Waals surface area contributed by atoms with Gasteiger partial charge in [-0.1, -0.05) is 0 Å². The minimum absolute atomic E-state index is 0. The van der Waals surface area contributed by atoms with Gasteiger partial charge in [-0.25, -0.2) is 0 Å². The molecule has 2 aromatic rings. The lowest BCUT2D eigenvalue weighted by molar-refractivity contribution is 0.174. The van der Waals surface area contributed by atoms with Crippen LogP contribution in [0.15, 0.2) is 42.7 Å². The van der Waals surface area contributed by atoms with Gasteiger partial charge in [0.2, 0.25) is 6.79 Å². The molecule has 1 aliphatic rings. The van der Waals surface area contributed by atoms with E-state index in [0.29, 0.717) is 6.79 Å². The van der Waals surface area contributed by atoms with Gasteiger partial charge in [-0.15, -0.1) is 17.0 Å². The maximum absolute atomic E-state index is 5.38. The third-order valence-electron chi connectivity index (χ3n) is 2.97. The number of aromatic nitrogens is 1. The zero-order chi connectivity index (χ0) is 12.4. The quantitative estimate of drug-likeness (QED) is 0.870. The first-order chi connectivity index (χ1) is 8.83. The van der Waals surface area contributed by atoms with Crippen LogP contribution in [0.4, 0.5) is 5.69 Å². The summed E-state index contributed by atoms with van der Waals surface area (Å²) in [6.07, 6.45) is 3.62. The number of rotatable bonds is 3. The van der Waals surface area contributed by atoms with E-state index in [9.17, 15) is 0 Å². The monoisotopic (exact) mass is 322 g/mol. The van der Waals surface area contributed by atoms with Gasteiger partial charge in [0.05, 0.1) is 0 Å². The summed E-state index contributed by atoms with van der Waals surface area (Å²) in [6.45, 7) is 1.15. The van der Waals surface area contributed by atoms with Gasteiger partial charge in [0, 0.05) is 37.7 Å². The summed E-state index contributed by atoms with van der Waals surface area (Å²) < 4.78 is 10.7. The number of benzene rings is 1. The topological polar surface area (TPSA) is 34.6 Å². The van der Waals surface area contributed by atoms with Gasteiger partial charge in [-0.05, 0) is 29.8 Å². The van der Waals surface area contributed by atoms with Gasteiger partial charge in [0.25, 0.3) is 0 Å². The molecule has 0 radical (unpaired) electrons. The fourth-order valence-corrected chi connectivity index (χ4v) is 1.98. The molecule has 0 bridgehead atoms. The molecule has 0 spiro atoms. The molecule has 0 fully saturated rings. The van der Waals surface area contributed by atoms with Gasteiger partial charge >= 0.3 is 0 Å². The second-order valence-corrected chi connectivity index (χ2v) is 4.25. The minimum Gasteiger partial charge on any atom is -0.454 e. The van der Waals surface area contributed by atoms with Gasteiger partial charge in [0.15, 0.2) is 11.5 Å². The summed E-state index contributed by atoms with van der Waals surface area (Å²) in [4.78, 5) is 6.18. The van der Waals surface area contributed by atoms with Crippen molar-refractivity contribution in [1.82, 2.24) is 4.98 Å². The molecule has 0 aliphatic carbocycles. The Hall–Kier alpha value is -1.75. The Kier molecular flexibility index (Phi) is 4.27. The lowest BCUT2D eigenvalue weighted by Crippen LogP contribution is -2.16. The largest absolute Gasteiger partial charge is 0.454 e. The molecule has 1 aromatic heterocycles.